The van der Waals surface area contributed by atoms with E-state index in [0.29, 0.717) is 11.1 Å². The van der Waals surface area contributed by atoms with Crippen molar-refractivity contribution in [2.75, 3.05) is 0 Å². The van der Waals surface area contributed by atoms with Gasteiger partial charge in [-0.05, 0) is 36.8 Å². The van der Waals surface area contributed by atoms with E-state index in [1.54, 1.807) is 6.07 Å². The van der Waals surface area contributed by atoms with Gasteiger partial charge in [-0.15, -0.1) is 0 Å². The standard InChI is InChI=1S/C15H12N2O2/c1-10-5-4-6-11(9-10)16-14-12-7-2-3-8-13(12)19-15(18)17-14/h2-9H,1H3,(H,16,17,18). The quantitative estimate of drug-likeness (QED) is 0.723. The van der Waals surface area contributed by atoms with Crippen molar-refractivity contribution in [3.05, 3.63) is 70.1 Å². The topological polar surface area (TPSA) is 58.4 Å². The summed E-state index contributed by atoms with van der Waals surface area (Å²) in [5, 5.41) is 0.781. The zero-order valence-electron chi connectivity index (χ0n) is 10.4. The lowest BCUT2D eigenvalue weighted by atomic mass is 10.2. The molecule has 19 heavy (non-hydrogen) atoms. The van der Waals surface area contributed by atoms with Crippen molar-refractivity contribution in [3.8, 4) is 0 Å². The van der Waals surface area contributed by atoms with Crippen LogP contribution >= 0.6 is 0 Å². The highest BCUT2D eigenvalue weighted by Crippen LogP contribution is 2.13. The van der Waals surface area contributed by atoms with Gasteiger partial charge in [-0.3, -0.25) is 4.98 Å². The smallest absolute Gasteiger partial charge is 0.409 e. The molecule has 4 nitrogen and oxygen atoms in total. The van der Waals surface area contributed by atoms with Crippen molar-refractivity contribution in [2.24, 2.45) is 4.99 Å². The molecular weight excluding hydrogens is 240 g/mol. The highest BCUT2D eigenvalue weighted by atomic mass is 16.4. The number of para-hydroxylation sites is 1. The number of aromatic nitrogens is 1. The van der Waals surface area contributed by atoms with E-state index in [1.807, 2.05) is 49.4 Å². The van der Waals surface area contributed by atoms with Crippen molar-refractivity contribution in [1.29, 1.82) is 0 Å². The Morgan fingerprint density at radius 2 is 1.95 bits per heavy atom. The van der Waals surface area contributed by atoms with Crippen LogP contribution in [-0.4, -0.2) is 4.98 Å². The Bertz CT molecular complexity index is 859. The SMILES string of the molecule is Cc1cccc(/N=c2\[nH]c(=O)oc3ccccc23)c1. The highest BCUT2D eigenvalue weighted by Gasteiger charge is 2.00. The first-order valence-electron chi connectivity index (χ1n) is 5.96. The van der Waals surface area contributed by atoms with E-state index in [0.717, 1.165) is 16.6 Å². The summed E-state index contributed by atoms with van der Waals surface area (Å²) in [4.78, 5) is 18.6. The Morgan fingerprint density at radius 3 is 2.79 bits per heavy atom. The maximum Gasteiger partial charge on any atom is 0.418 e. The molecule has 2 aromatic carbocycles. The summed E-state index contributed by atoms with van der Waals surface area (Å²) >= 11 is 0. The van der Waals surface area contributed by atoms with E-state index < -0.39 is 5.76 Å². The summed E-state index contributed by atoms with van der Waals surface area (Å²) < 4.78 is 5.09. The van der Waals surface area contributed by atoms with E-state index >= 15 is 0 Å². The molecule has 0 radical (unpaired) electrons. The Kier molecular flexibility index (Phi) is 2.76. The molecule has 0 atom stereocenters. The number of hydrogen-bond donors (Lipinski definition) is 1. The molecule has 0 fully saturated rings. The van der Waals surface area contributed by atoms with E-state index in [1.165, 1.54) is 0 Å². The number of rotatable bonds is 1. The number of aryl methyl sites for hydroxylation is 1. The maximum atomic E-state index is 11.5. The van der Waals surface area contributed by atoms with Gasteiger partial charge < -0.3 is 4.42 Å². The lowest BCUT2D eigenvalue weighted by Gasteiger charge is -1.98. The molecule has 3 rings (SSSR count). The van der Waals surface area contributed by atoms with Gasteiger partial charge in [0.25, 0.3) is 0 Å². The molecule has 1 heterocycles. The van der Waals surface area contributed by atoms with Crippen LogP contribution in [0, 0.1) is 6.92 Å². The van der Waals surface area contributed by atoms with Crippen molar-refractivity contribution in [2.45, 2.75) is 6.92 Å². The first kappa shape index (κ1) is 11.5. The van der Waals surface area contributed by atoms with Gasteiger partial charge in [-0.25, -0.2) is 9.79 Å². The van der Waals surface area contributed by atoms with Crippen LogP contribution in [0.4, 0.5) is 5.69 Å². The molecule has 0 aliphatic heterocycles. The third-order valence-corrected chi connectivity index (χ3v) is 2.81. The third kappa shape index (κ3) is 2.33. The minimum Gasteiger partial charge on any atom is -0.409 e. The van der Waals surface area contributed by atoms with Gasteiger partial charge in [0, 0.05) is 0 Å². The van der Waals surface area contributed by atoms with Crippen molar-refractivity contribution in [3.63, 3.8) is 0 Å². The molecule has 0 bridgehead atoms. The predicted molar refractivity (Wildman–Crippen MR) is 73.2 cm³/mol. The number of aromatic amines is 1. The molecule has 0 amide bonds. The van der Waals surface area contributed by atoms with Crippen LogP contribution in [0.15, 0.2) is 62.7 Å². The second-order valence-electron chi connectivity index (χ2n) is 4.31. The highest BCUT2D eigenvalue weighted by molar-refractivity contribution is 5.74. The van der Waals surface area contributed by atoms with Crippen molar-refractivity contribution in [1.82, 2.24) is 4.98 Å². The number of nitrogens with one attached hydrogen (secondary N) is 1. The summed E-state index contributed by atoms with van der Waals surface area (Å²) in [6.45, 7) is 2.00. The number of fused-ring (bicyclic) bond motifs is 1. The summed E-state index contributed by atoms with van der Waals surface area (Å²) in [6, 6.07) is 15.1. The average Bonchev–Trinajstić information content (AvgIpc) is 2.38. The zero-order chi connectivity index (χ0) is 13.2. The zero-order valence-corrected chi connectivity index (χ0v) is 10.4. The molecule has 3 aromatic rings. The van der Waals surface area contributed by atoms with E-state index in [2.05, 4.69) is 9.98 Å². The number of nitrogens with zero attached hydrogens (tertiary/aromatic N) is 1. The molecule has 94 valence electrons. The monoisotopic (exact) mass is 252 g/mol. The summed E-state index contributed by atoms with van der Waals surface area (Å²) in [6.07, 6.45) is 0. The van der Waals surface area contributed by atoms with Crippen LogP contribution in [-0.2, 0) is 0 Å². The molecule has 0 aliphatic rings. The fourth-order valence-electron chi connectivity index (χ4n) is 1.96. The number of hydrogen-bond acceptors (Lipinski definition) is 3. The molecule has 4 heteroatoms. The van der Waals surface area contributed by atoms with Gasteiger partial charge >= 0.3 is 5.76 Å². The average molecular weight is 252 g/mol. The Labute approximate surface area is 109 Å². The second kappa shape index (κ2) is 4.57. The first-order valence-corrected chi connectivity index (χ1v) is 5.96. The van der Waals surface area contributed by atoms with Gasteiger partial charge in [0.2, 0.25) is 0 Å². The molecule has 0 unspecified atom stereocenters. The third-order valence-electron chi connectivity index (χ3n) is 2.81. The molecule has 0 saturated heterocycles. The van der Waals surface area contributed by atoms with E-state index in [-0.39, 0.29) is 0 Å². The molecule has 1 aromatic heterocycles. The van der Waals surface area contributed by atoms with Gasteiger partial charge in [0.05, 0.1) is 11.1 Å². The summed E-state index contributed by atoms with van der Waals surface area (Å²) in [5.41, 5.74) is 2.95. The molecule has 0 spiro atoms. The number of H-pyrrole nitrogens is 1. The van der Waals surface area contributed by atoms with E-state index in [9.17, 15) is 4.79 Å². The van der Waals surface area contributed by atoms with Gasteiger partial charge in [-0.2, -0.15) is 0 Å². The van der Waals surface area contributed by atoms with Crippen LogP contribution in [0.1, 0.15) is 5.56 Å². The van der Waals surface area contributed by atoms with Crippen LogP contribution in [0.3, 0.4) is 0 Å². The second-order valence-corrected chi connectivity index (χ2v) is 4.31. The van der Waals surface area contributed by atoms with Gasteiger partial charge in [0.1, 0.15) is 11.1 Å². The minimum absolute atomic E-state index is 0.509. The molecule has 1 N–H and O–H groups in total. The minimum atomic E-state index is -0.509. The predicted octanol–water partition coefficient (Wildman–Crippen LogP) is 2.66. The Morgan fingerprint density at radius 1 is 1.11 bits per heavy atom. The van der Waals surface area contributed by atoms with Crippen LogP contribution in [0.25, 0.3) is 11.0 Å². The van der Waals surface area contributed by atoms with Crippen LogP contribution in [0.5, 0.6) is 0 Å². The molecule has 0 saturated carbocycles. The first-order chi connectivity index (χ1) is 9.22. The van der Waals surface area contributed by atoms with Crippen molar-refractivity contribution < 1.29 is 4.42 Å². The Hall–Kier alpha value is -2.62. The molecule has 0 aliphatic carbocycles. The van der Waals surface area contributed by atoms with Gasteiger partial charge in [-0.1, -0.05) is 24.3 Å². The molecular formula is C15H12N2O2. The summed E-state index contributed by atoms with van der Waals surface area (Å²) in [5.74, 6) is -0.509. The fraction of sp³-hybridized carbons (Fsp3) is 0.0667. The largest absolute Gasteiger partial charge is 0.418 e. The fourth-order valence-corrected chi connectivity index (χ4v) is 1.96. The van der Waals surface area contributed by atoms with Crippen LogP contribution in [0.2, 0.25) is 0 Å². The lowest BCUT2D eigenvalue weighted by molar-refractivity contribution is 0.527. The summed E-state index contributed by atoms with van der Waals surface area (Å²) in [7, 11) is 0. The van der Waals surface area contributed by atoms with Crippen LogP contribution < -0.4 is 11.2 Å². The lowest BCUT2D eigenvalue weighted by Crippen LogP contribution is -2.19. The van der Waals surface area contributed by atoms with E-state index in [4.69, 9.17) is 4.42 Å². The number of benzene rings is 2. The van der Waals surface area contributed by atoms with Crippen molar-refractivity contribution >= 4 is 16.7 Å². The maximum absolute atomic E-state index is 11.5. The normalized spacial score (nSPS) is 11.9. The van der Waals surface area contributed by atoms with Gasteiger partial charge in [0.15, 0.2) is 0 Å². The Balaban J connectivity index is 2.33.